The molecule has 3 unspecified atom stereocenters. The second-order valence-electron chi connectivity index (χ2n) is 5.25. The number of amides is 1. The van der Waals surface area contributed by atoms with E-state index in [0.29, 0.717) is 18.5 Å². The zero-order valence-corrected chi connectivity index (χ0v) is 12.1. The van der Waals surface area contributed by atoms with Crippen LogP contribution in [0.3, 0.4) is 0 Å². The SMILES string of the molecule is CCNC(=O)C(C)N(CC)C1CCCCC1CN. The Morgan fingerprint density at radius 1 is 1.39 bits per heavy atom. The summed E-state index contributed by atoms with van der Waals surface area (Å²) in [6.07, 6.45) is 4.93. The Bertz CT molecular complexity index is 257. The number of nitrogens with one attached hydrogen (secondary N) is 1. The monoisotopic (exact) mass is 255 g/mol. The molecule has 0 aliphatic heterocycles. The highest BCUT2D eigenvalue weighted by Crippen LogP contribution is 2.29. The first-order chi connectivity index (χ1) is 8.65. The van der Waals surface area contributed by atoms with Crippen LogP contribution in [0.4, 0.5) is 0 Å². The highest BCUT2D eigenvalue weighted by atomic mass is 16.2. The normalized spacial score (nSPS) is 26.1. The van der Waals surface area contributed by atoms with Crippen LogP contribution in [0.1, 0.15) is 46.5 Å². The van der Waals surface area contributed by atoms with E-state index in [1.54, 1.807) is 0 Å². The molecule has 0 aromatic carbocycles. The van der Waals surface area contributed by atoms with E-state index in [-0.39, 0.29) is 11.9 Å². The summed E-state index contributed by atoms with van der Waals surface area (Å²) in [5, 5.41) is 2.92. The van der Waals surface area contributed by atoms with E-state index in [4.69, 9.17) is 5.73 Å². The van der Waals surface area contributed by atoms with Crippen molar-refractivity contribution < 1.29 is 4.79 Å². The zero-order valence-electron chi connectivity index (χ0n) is 12.1. The molecule has 1 aliphatic rings. The van der Waals surface area contributed by atoms with Crippen molar-refractivity contribution >= 4 is 5.91 Å². The lowest BCUT2D eigenvalue weighted by atomic mass is 9.83. The van der Waals surface area contributed by atoms with Gasteiger partial charge < -0.3 is 11.1 Å². The first-order valence-electron chi connectivity index (χ1n) is 7.39. The molecule has 0 saturated heterocycles. The molecule has 1 amide bonds. The standard InChI is InChI=1S/C14H29N3O/c1-4-16-14(18)11(3)17(5-2)13-9-7-6-8-12(13)10-15/h11-13H,4-10,15H2,1-3H3,(H,16,18). The van der Waals surface area contributed by atoms with Gasteiger partial charge in [0, 0.05) is 12.6 Å². The van der Waals surface area contributed by atoms with E-state index in [2.05, 4.69) is 17.1 Å². The lowest BCUT2D eigenvalue weighted by Gasteiger charge is -2.41. The Morgan fingerprint density at radius 3 is 2.61 bits per heavy atom. The van der Waals surface area contributed by atoms with Gasteiger partial charge >= 0.3 is 0 Å². The number of likely N-dealkylation sites (N-methyl/N-ethyl adjacent to an activating group) is 2. The Balaban J connectivity index is 2.70. The van der Waals surface area contributed by atoms with Crippen molar-refractivity contribution in [2.45, 2.75) is 58.5 Å². The number of hydrogen-bond acceptors (Lipinski definition) is 3. The topological polar surface area (TPSA) is 58.4 Å². The molecule has 4 heteroatoms. The second kappa shape index (κ2) is 7.74. The molecule has 18 heavy (non-hydrogen) atoms. The van der Waals surface area contributed by atoms with Crippen molar-refractivity contribution in [3.63, 3.8) is 0 Å². The number of carbonyl (C=O) groups is 1. The second-order valence-corrected chi connectivity index (χ2v) is 5.25. The van der Waals surface area contributed by atoms with Crippen LogP contribution in [0.15, 0.2) is 0 Å². The largest absolute Gasteiger partial charge is 0.355 e. The fourth-order valence-electron chi connectivity index (χ4n) is 3.17. The molecule has 0 heterocycles. The van der Waals surface area contributed by atoms with Gasteiger partial charge in [0.05, 0.1) is 6.04 Å². The highest BCUT2D eigenvalue weighted by Gasteiger charge is 2.33. The fraction of sp³-hybridized carbons (Fsp3) is 0.929. The summed E-state index contributed by atoms with van der Waals surface area (Å²) in [7, 11) is 0. The van der Waals surface area contributed by atoms with E-state index >= 15 is 0 Å². The minimum Gasteiger partial charge on any atom is -0.355 e. The van der Waals surface area contributed by atoms with E-state index in [1.165, 1.54) is 25.7 Å². The first-order valence-corrected chi connectivity index (χ1v) is 7.39. The molecule has 0 radical (unpaired) electrons. The first kappa shape index (κ1) is 15.4. The summed E-state index contributed by atoms with van der Waals surface area (Å²) in [6.45, 7) is 8.47. The van der Waals surface area contributed by atoms with Crippen molar-refractivity contribution in [2.75, 3.05) is 19.6 Å². The van der Waals surface area contributed by atoms with Crippen LogP contribution in [0, 0.1) is 5.92 Å². The lowest BCUT2D eigenvalue weighted by Crippen LogP contribution is -2.53. The van der Waals surface area contributed by atoms with Crippen molar-refractivity contribution in [3.05, 3.63) is 0 Å². The van der Waals surface area contributed by atoms with Crippen molar-refractivity contribution in [2.24, 2.45) is 11.7 Å². The van der Waals surface area contributed by atoms with Crippen molar-refractivity contribution in [3.8, 4) is 0 Å². The third kappa shape index (κ3) is 3.69. The minimum absolute atomic E-state index is 0.0490. The minimum atomic E-state index is -0.0490. The van der Waals surface area contributed by atoms with Gasteiger partial charge in [-0.05, 0) is 45.7 Å². The predicted molar refractivity (Wildman–Crippen MR) is 75.3 cm³/mol. The van der Waals surface area contributed by atoms with E-state index in [0.717, 1.165) is 13.1 Å². The summed E-state index contributed by atoms with van der Waals surface area (Å²) in [5.74, 6) is 0.691. The molecule has 1 aliphatic carbocycles. The number of nitrogens with zero attached hydrogens (tertiary/aromatic N) is 1. The maximum Gasteiger partial charge on any atom is 0.237 e. The molecule has 0 aromatic rings. The average Bonchev–Trinajstić information content (AvgIpc) is 2.40. The summed E-state index contributed by atoms with van der Waals surface area (Å²) in [6, 6.07) is 0.429. The molecule has 0 bridgehead atoms. The Labute approximate surface area is 111 Å². The van der Waals surface area contributed by atoms with Gasteiger partial charge in [-0.2, -0.15) is 0 Å². The molecule has 4 nitrogen and oxygen atoms in total. The van der Waals surface area contributed by atoms with Crippen molar-refractivity contribution in [1.82, 2.24) is 10.2 Å². The average molecular weight is 255 g/mol. The molecule has 1 rings (SSSR count). The summed E-state index contributed by atoms with van der Waals surface area (Å²) >= 11 is 0. The smallest absolute Gasteiger partial charge is 0.237 e. The fourth-order valence-corrected chi connectivity index (χ4v) is 3.17. The van der Waals surface area contributed by atoms with Crippen LogP contribution >= 0.6 is 0 Å². The molecule has 1 saturated carbocycles. The molecule has 106 valence electrons. The third-order valence-corrected chi connectivity index (χ3v) is 4.19. The molecule has 3 N–H and O–H groups in total. The van der Waals surface area contributed by atoms with Crippen LogP contribution < -0.4 is 11.1 Å². The van der Waals surface area contributed by atoms with Crippen LogP contribution in [0.25, 0.3) is 0 Å². The molecular weight excluding hydrogens is 226 g/mol. The van der Waals surface area contributed by atoms with Crippen LogP contribution in [-0.4, -0.2) is 42.5 Å². The van der Waals surface area contributed by atoms with Gasteiger partial charge in [-0.15, -0.1) is 0 Å². The van der Waals surface area contributed by atoms with E-state index in [9.17, 15) is 4.79 Å². The molecule has 0 aromatic heterocycles. The van der Waals surface area contributed by atoms with Gasteiger partial charge in [-0.1, -0.05) is 19.8 Å². The van der Waals surface area contributed by atoms with Crippen LogP contribution in [0.2, 0.25) is 0 Å². The quantitative estimate of drug-likeness (QED) is 0.753. The zero-order chi connectivity index (χ0) is 13.5. The van der Waals surface area contributed by atoms with Crippen LogP contribution in [-0.2, 0) is 4.79 Å². The van der Waals surface area contributed by atoms with E-state index < -0.39 is 0 Å². The van der Waals surface area contributed by atoms with Crippen LogP contribution in [0.5, 0.6) is 0 Å². The predicted octanol–water partition coefficient (Wildman–Crippen LogP) is 1.35. The van der Waals surface area contributed by atoms with Gasteiger partial charge in [-0.3, -0.25) is 9.69 Å². The van der Waals surface area contributed by atoms with Gasteiger partial charge in [0.15, 0.2) is 0 Å². The Kier molecular flexibility index (Phi) is 6.65. The van der Waals surface area contributed by atoms with Gasteiger partial charge in [0.1, 0.15) is 0 Å². The highest BCUT2D eigenvalue weighted by molar-refractivity contribution is 5.81. The van der Waals surface area contributed by atoms with Gasteiger partial charge in [-0.25, -0.2) is 0 Å². The van der Waals surface area contributed by atoms with Gasteiger partial charge in [0.25, 0.3) is 0 Å². The summed E-state index contributed by atoms with van der Waals surface area (Å²) in [4.78, 5) is 14.3. The number of nitrogens with two attached hydrogens (primary N) is 1. The van der Waals surface area contributed by atoms with E-state index in [1.807, 2.05) is 13.8 Å². The number of hydrogen-bond donors (Lipinski definition) is 2. The van der Waals surface area contributed by atoms with Gasteiger partial charge in [0.2, 0.25) is 5.91 Å². The Hall–Kier alpha value is -0.610. The maximum atomic E-state index is 12.0. The Morgan fingerprint density at radius 2 is 2.06 bits per heavy atom. The molecule has 3 atom stereocenters. The maximum absolute atomic E-state index is 12.0. The van der Waals surface area contributed by atoms with Crippen molar-refractivity contribution in [1.29, 1.82) is 0 Å². The summed E-state index contributed by atoms with van der Waals surface area (Å²) in [5.41, 5.74) is 5.89. The number of rotatable bonds is 6. The summed E-state index contributed by atoms with van der Waals surface area (Å²) < 4.78 is 0. The number of carbonyl (C=O) groups excluding carboxylic acids is 1. The molecule has 0 spiro atoms. The third-order valence-electron chi connectivity index (χ3n) is 4.19. The lowest BCUT2D eigenvalue weighted by molar-refractivity contribution is -0.127. The molecular formula is C14H29N3O. The molecule has 1 fully saturated rings.